The van der Waals surface area contributed by atoms with Crippen LogP contribution in [0.1, 0.15) is 33.1 Å². The zero-order valence-corrected chi connectivity index (χ0v) is 12.8. The molecule has 1 fully saturated rings. The lowest BCUT2D eigenvalue weighted by Gasteiger charge is -2.22. The van der Waals surface area contributed by atoms with Gasteiger partial charge in [-0.1, -0.05) is 13.8 Å². The molecule has 0 aliphatic heterocycles. The standard InChI is InChI=1S/C14H24N4O3/c1-8(2)7-18-12(15)11(13(19)17-14(18)20)16-9-5-4-6-10(9)21-3/h8-10,16H,4-7,15H2,1-3H3,(H,17,19,20). The topological polar surface area (TPSA) is 102 Å². The van der Waals surface area contributed by atoms with E-state index in [4.69, 9.17) is 10.5 Å². The summed E-state index contributed by atoms with van der Waals surface area (Å²) in [6, 6.07) is 0.0448. The van der Waals surface area contributed by atoms with E-state index in [1.807, 2.05) is 13.8 Å². The van der Waals surface area contributed by atoms with E-state index in [-0.39, 0.29) is 29.6 Å². The maximum Gasteiger partial charge on any atom is 0.330 e. The van der Waals surface area contributed by atoms with Crippen LogP contribution in [0.3, 0.4) is 0 Å². The maximum absolute atomic E-state index is 12.0. The normalized spacial score (nSPS) is 21.9. The number of hydrogen-bond donors (Lipinski definition) is 3. The molecule has 0 radical (unpaired) electrons. The minimum atomic E-state index is -0.473. The minimum Gasteiger partial charge on any atom is -0.383 e. The summed E-state index contributed by atoms with van der Waals surface area (Å²) in [7, 11) is 1.66. The van der Waals surface area contributed by atoms with Gasteiger partial charge in [-0.15, -0.1) is 0 Å². The first-order chi connectivity index (χ1) is 9.93. The van der Waals surface area contributed by atoms with Crippen molar-refractivity contribution >= 4 is 11.5 Å². The number of aromatic nitrogens is 2. The van der Waals surface area contributed by atoms with Crippen LogP contribution in [0.4, 0.5) is 11.5 Å². The van der Waals surface area contributed by atoms with E-state index in [0.717, 1.165) is 19.3 Å². The Morgan fingerprint density at radius 1 is 1.43 bits per heavy atom. The Balaban J connectivity index is 2.35. The van der Waals surface area contributed by atoms with Gasteiger partial charge < -0.3 is 15.8 Å². The number of aromatic amines is 1. The number of ether oxygens (including phenoxy) is 1. The lowest BCUT2D eigenvalue weighted by Crippen LogP contribution is -2.38. The molecule has 7 heteroatoms. The van der Waals surface area contributed by atoms with Gasteiger partial charge >= 0.3 is 5.69 Å². The smallest absolute Gasteiger partial charge is 0.330 e. The third-order valence-electron chi connectivity index (χ3n) is 3.87. The molecule has 0 spiro atoms. The highest BCUT2D eigenvalue weighted by molar-refractivity contribution is 5.61. The van der Waals surface area contributed by atoms with Crippen molar-refractivity contribution in [1.29, 1.82) is 0 Å². The van der Waals surface area contributed by atoms with Gasteiger partial charge in [0, 0.05) is 13.7 Å². The molecule has 118 valence electrons. The Labute approximate surface area is 123 Å². The average molecular weight is 296 g/mol. The van der Waals surface area contributed by atoms with Gasteiger partial charge in [-0.2, -0.15) is 0 Å². The predicted molar refractivity (Wildman–Crippen MR) is 82.6 cm³/mol. The number of nitrogen functional groups attached to an aromatic ring is 1. The average Bonchev–Trinajstić information content (AvgIpc) is 2.86. The van der Waals surface area contributed by atoms with Gasteiger partial charge in [0.05, 0.1) is 12.1 Å². The van der Waals surface area contributed by atoms with Crippen LogP contribution in [0.15, 0.2) is 9.59 Å². The van der Waals surface area contributed by atoms with Crippen molar-refractivity contribution in [2.45, 2.75) is 51.8 Å². The fraction of sp³-hybridized carbons (Fsp3) is 0.714. The van der Waals surface area contributed by atoms with Gasteiger partial charge in [-0.3, -0.25) is 14.3 Å². The van der Waals surface area contributed by atoms with Crippen molar-refractivity contribution in [3.8, 4) is 0 Å². The van der Waals surface area contributed by atoms with Crippen molar-refractivity contribution < 1.29 is 4.74 Å². The number of hydrogen-bond acceptors (Lipinski definition) is 5. The first-order valence-electron chi connectivity index (χ1n) is 7.36. The summed E-state index contributed by atoms with van der Waals surface area (Å²) in [6.45, 7) is 4.44. The van der Waals surface area contributed by atoms with Crippen molar-refractivity contribution in [2.24, 2.45) is 5.92 Å². The second-order valence-corrected chi connectivity index (χ2v) is 5.98. The second-order valence-electron chi connectivity index (χ2n) is 5.98. The van der Waals surface area contributed by atoms with Crippen LogP contribution in [0.25, 0.3) is 0 Å². The quantitative estimate of drug-likeness (QED) is 0.744. The lowest BCUT2D eigenvalue weighted by atomic mass is 10.2. The molecular weight excluding hydrogens is 272 g/mol. The first kappa shape index (κ1) is 15.6. The van der Waals surface area contributed by atoms with Gasteiger partial charge in [0.25, 0.3) is 5.56 Å². The molecule has 1 heterocycles. The monoisotopic (exact) mass is 296 g/mol. The zero-order valence-electron chi connectivity index (χ0n) is 12.8. The van der Waals surface area contributed by atoms with Gasteiger partial charge in [-0.05, 0) is 25.2 Å². The van der Waals surface area contributed by atoms with Crippen molar-refractivity contribution in [1.82, 2.24) is 9.55 Å². The molecular formula is C14H24N4O3. The van der Waals surface area contributed by atoms with E-state index in [1.165, 1.54) is 4.57 Å². The van der Waals surface area contributed by atoms with Gasteiger partial charge in [0.15, 0.2) is 0 Å². The molecule has 1 aromatic heterocycles. The molecule has 1 saturated carbocycles. The fourth-order valence-electron chi connectivity index (χ4n) is 2.83. The lowest BCUT2D eigenvalue weighted by molar-refractivity contribution is 0.101. The van der Waals surface area contributed by atoms with E-state index in [9.17, 15) is 9.59 Å². The summed E-state index contributed by atoms with van der Waals surface area (Å²) in [4.78, 5) is 26.2. The van der Waals surface area contributed by atoms with Crippen LogP contribution in [-0.4, -0.2) is 28.8 Å². The Morgan fingerprint density at radius 2 is 2.14 bits per heavy atom. The predicted octanol–water partition coefficient (Wildman–Crippen LogP) is 0.754. The molecule has 1 aliphatic carbocycles. The summed E-state index contributed by atoms with van der Waals surface area (Å²) in [5.74, 6) is 0.446. The number of methoxy groups -OCH3 is 1. The highest BCUT2D eigenvalue weighted by atomic mass is 16.5. The number of nitrogens with one attached hydrogen (secondary N) is 2. The van der Waals surface area contributed by atoms with Crippen molar-refractivity contribution in [3.63, 3.8) is 0 Å². The van der Waals surface area contributed by atoms with Crippen LogP contribution >= 0.6 is 0 Å². The third-order valence-corrected chi connectivity index (χ3v) is 3.87. The summed E-state index contributed by atoms with van der Waals surface area (Å²) >= 11 is 0. The number of anilines is 2. The van der Waals surface area contributed by atoms with E-state index in [0.29, 0.717) is 6.54 Å². The number of nitrogens with zero attached hydrogens (tertiary/aromatic N) is 1. The summed E-state index contributed by atoms with van der Waals surface area (Å²) < 4.78 is 6.82. The maximum atomic E-state index is 12.0. The Morgan fingerprint density at radius 3 is 2.76 bits per heavy atom. The molecule has 2 atom stereocenters. The molecule has 1 aromatic rings. The molecule has 7 nitrogen and oxygen atoms in total. The highest BCUT2D eigenvalue weighted by Crippen LogP contribution is 2.25. The largest absolute Gasteiger partial charge is 0.383 e. The van der Waals surface area contributed by atoms with E-state index >= 15 is 0 Å². The van der Waals surface area contributed by atoms with Crippen molar-refractivity contribution in [3.05, 3.63) is 20.8 Å². The molecule has 1 aliphatic rings. The number of nitrogens with two attached hydrogens (primary N) is 1. The molecule has 0 aromatic carbocycles. The third kappa shape index (κ3) is 3.29. The molecule has 0 saturated heterocycles. The zero-order chi connectivity index (χ0) is 15.6. The number of H-pyrrole nitrogens is 1. The molecule has 0 bridgehead atoms. The minimum absolute atomic E-state index is 0.0448. The molecule has 0 amide bonds. The molecule has 2 rings (SSSR count). The van der Waals surface area contributed by atoms with E-state index in [1.54, 1.807) is 7.11 Å². The highest BCUT2D eigenvalue weighted by Gasteiger charge is 2.28. The second kappa shape index (κ2) is 6.34. The number of rotatable bonds is 5. The molecule has 21 heavy (non-hydrogen) atoms. The Hall–Kier alpha value is -1.76. The summed E-state index contributed by atoms with van der Waals surface area (Å²) in [5, 5.41) is 3.17. The fourth-order valence-corrected chi connectivity index (χ4v) is 2.83. The van der Waals surface area contributed by atoms with Gasteiger partial charge in [0.1, 0.15) is 11.5 Å². The van der Waals surface area contributed by atoms with Crippen LogP contribution in [0.2, 0.25) is 0 Å². The van der Waals surface area contributed by atoms with Gasteiger partial charge in [0.2, 0.25) is 0 Å². The van der Waals surface area contributed by atoms with E-state index < -0.39 is 11.2 Å². The summed E-state index contributed by atoms with van der Waals surface area (Å²) in [6.07, 6.45) is 2.98. The van der Waals surface area contributed by atoms with Crippen LogP contribution in [0, 0.1) is 5.92 Å². The van der Waals surface area contributed by atoms with Crippen LogP contribution < -0.4 is 22.3 Å². The van der Waals surface area contributed by atoms with E-state index in [2.05, 4.69) is 10.3 Å². The Kier molecular flexibility index (Phi) is 4.72. The molecule has 2 unspecified atom stereocenters. The molecule has 4 N–H and O–H groups in total. The van der Waals surface area contributed by atoms with Crippen LogP contribution in [0.5, 0.6) is 0 Å². The summed E-state index contributed by atoms with van der Waals surface area (Å²) in [5.41, 5.74) is 5.37. The van der Waals surface area contributed by atoms with Crippen LogP contribution in [-0.2, 0) is 11.3 Å². The Bertz CT molecular complexity index is 605. The SMILES string of the molecule is COC1CCCC1Nc1c(N)n(CC(C)C)c(=O)[nH]c1=O. The van der Waals surface area contributed by atoms with Crippen molar-refractivity contribution in [2.75, 3.05) is 18.2 Å². The van der Waals surface area contributed by atoms with Gasteiger partial charge in [-0.25, -0.2) is 4.79 Å². The first-order valence-corrected chi connectivity index (χ1v) is 7.36.